The molecular weight excluding hydrogens is 180 g/mol. The molecule has 0 radical (unpaired) electrons. The lowest BCUT2D eigenvalue weighted by Crippen LogP contribution is -1.90. The Morgan fingerprint density at radius 2 is 2.50 bits per heavy atom. The Morgan fingerprint density at radius 3 is 3.00 bits per heavy atom. The molecule has 12 heavy (non-hydrogen) atoms. The molecule has 0 amide bonds. The van der Waals surface area contributed by atoms with Gasteiger partial charge in [0, 0.05) is 6.20 Å². The second-order valence-electron chi connectivity index (χ2n) is 2.12. The van der Waals surface area contributed by atoms with Crippen LogP contribution in [0.3, 0.4) is 0 Å². The van der Waals surface area contributed by atoms with Crippen molar-refractivity contribution in [3.05, 3.63) is 27.8 Å². The summed E-state index contributed by atoms with van der Waals surface area (Å²) in [6, 6.07) is 1.61. The number of nitrogens with zero attached hydrogens (tertiary/aromatic N) is 2. The Bertz CT molecular complexity index is 291. The molecule has 5 heteroatoms. The van der Waals surface area contributed by atoms with Crippen molar-refractivity contribution in [1.29, 1.82) is 0 Å². The van der Waals surface area contributed by atoms with Gasteiger partial charge in [-0.25, -0.2) is 4.98 Å². The number of nitroso groups, excluding NO2 is 1. The van der Waals surface area contributed by atoms with Crippen molar-refractivity contribution in [3.63, 3.8) is 0 Å². The topological polar surface area (TPSA) is 51.6 Å². The Hall–Kier alpha value is -1.16. The molecule has 0 atom stereocenters. The standard InChI is InChI=1S/C7H7ClN2O2/c1-12-7-6(8)2-5(3-9-7)4-10-11/h2-3H,4H2,1H3. The third-order valence-corrected chi connectivity index (χ3v) is 1.58. The molecule has 0 fully saturated rings. The monoisotopic (exact) mass is 186 g/mol. The molecule has 0 aliphatic carbocycles. The van der Waals surface area contributed by atoms with E-state index < -0.39 is 0 Å². The van der Waals surface area contributed by atoms with Crippen molar-refractivity contribution in [2.45, 2.75) is 6.54 Å². The molecule has 1 rings (SSSR count). The van der Waals surface area contributed by atoms with Gasteiger partial charge < -0.3 is 4.74 Å². The molecule has 4 nitrogen and oxygen atoms in total. The molecule has 0 spiro atoms. The number of pyridine rings is 1. The van der Waals surface area contributed by atoms with E-state index in [-0.39, 0.29) is 6.54 Å². The molecule has 64 valence electrons. The van der Waals surface area contributed by atoms with Gasteiger partial charge in [-0.15, -0.1) is 0 Å². The fourth-order valence-corrected chi connectivity index (χ4v) is 1.04. The maximum Gasteiger partial charge on any atom is 0.232 e. The first-order chi connectivity index (χ1) is 5.77. The third kappa shape index (κ3) is 1.92. The SMILES string of the molecule is COc1ncc(CN=O)cc1Cl. The van der Waals surface area contributed by atoms with Gasteiger partial charge in [-0.2, -0.15) is 4.91 Å². The van der Waals surface area contributed by atoms with E-state index in [4.69, 9.17) is 16.3 Å². The van der Waals surface area contributed by atoms with E-state index in [0.717, 1.165) is 0 Å². The summed E-state index contributed by atoms with van der Waals surface area (Å²) in [4.78, 5) is 13.8. The minimum absolute atomic E-state index is 0.0801. The van der Waals surface area contributed by atoms with Crippen LogP contribution < -0.4 is 4.74 Å². The lowest BCUT2D eigenvalue weighted by atomic mass is 10.3. The average Bonchev–Trinajstić information content (AvgIpc) is 2.05. The fraction of sp³-hybridized carbons (Fsp3) is 0.286. The number of rotatable bonds is 3. The first-order valence-electron chi connectivity index (χ1n) is 3.25. The highest BCUT2D eigenvalue weighted by molar-refractivity contribution is 6.31. The van der Waals surface area contributed by atoms with Gasteiger partial charge in [0.1, 0.15) is 11.6 Å². The lowest BCUT2D eigenvalue weighted by Gasteiger charge is -2.01. The molecular formula is C7H7ClN2O2. The lowest BCUT2D eigenvalue weighted by molar-refractivity contribution is 0.398. The summed E-state index contributed by atoms with van der Waals surface area (Å²) in [5.74, 6) is 0.353. The first kappa shape index (κ1) is 8.93. The zero-order chi connectivity index (χ0) is 8.97. The maximum atomic E-state index is 9.89. The number of hydrogen-bond acceptors (Lipinski definition) is 4. The predicted molar refractivity (Wildman–Crippen MR) is 45.3 cm³/mol. The molecule has 0 N–H and O–H groups in total. The van der Waals surface area contributed by atoms with Crippen molar-refractivity contribution in [1.82, 2.24) is 4.98 Å². The second kappa shape index (κ2) is 4.01. The number of aromatic nitrogens is 1. The van der Waals surface area contributed by atoms with Gasteiger partial charge in [-0.3, -0.25) is 0 Å². The van der Waals surface area contributed by atoms with Gasteiger partial charge in [0.15, 0.2) is 0 Å². The van der Waals surface area contributed by atoms with E-state index in [1.54, 1.807) is 6.07 Å². The van der Waals surface area contributed by atoms with E-state index in [9.17, 15) is 4.91 Å². The summed E-state index contributed by atoms with van der Waals surface area (Å²) in [5.41, 5.74) is 0.677. The Morgan fingerprint density at radius 1 is 1.75 bits per heavy atom. The van der Waals surface area contributed by atoms with E-state index in [1.165, 1.54) is 13.3 Å². The highest BCUT2D eigenvalue weighted by atomic mass is 35.5. The molecule has 1 aromatic heterocycles. The van der Waals surface area contributed by atoms with E-state index >= 15 is 0 Å². The molecule has 1 aromatic rings. The van der Waals surface area contributed by atoms with Crippen LogP contribution in [0.4, 0.5) is 0 Å². The smallest absolute Gasteiger partial charge is 0.232 e. The van der Waals surface area contributed by atoms with Crippen LogP contribution in [0, 0.1) is 4.91 Å². The summed E-state index contributed by atoms with van der Waals surface area (Å²) >= 11 is 5.73. The van der Waals surface area contributed by atoms with Crippen LogP contribution in [0.2, 0.25) is 5.02 Å². The summed E-state index contributed by atoms with van der Waals surface area (Å²) in [6.45, 7) is 0.0801. The van der Waals surface area contributed by atoms with Crippen molar-refractivity contribution in [2.75, 3.05) is 7.11 Å². The number of hydrogen-bond donors (Lipinski definition) is 0. The second-order valence-corrected chi connectivity index (χ2v) is 2.53. The van der Waals surface area contributed by atoms with Gasteiger partial charge in [-0.05, 0) is 11.6 Å². The van der Waals surface area contributed by atoms with Crippen molar-refractivity contribution in [3.8, 4) is 5.88 Å². The van der Waals surface area contributed by atoms with Gasteiger partial charge in [0.05, 0.1) is 7.11 Å². The van der Waals surface area contributed by atoms with Crippen molar-refractivity contribution >= 4 is 11.6 Å². The van der Waals surface area contributed by atoms with Crippen LogP contribution in [-0.2, 0) is 6.54 Å². The molecule has 0 unspecified atom stereocenters. The van der Waals surface area contributed by atoms with E-state index in [1.807, 2.05) is 0 Å². The van der Waals surface area contributed by atoms with Crippen LogP contribution in [0.25, 0.3) is 0 Å². The summed E-state index contributed by atoms with van der Waals surface area (Å²) < 4.78 is 4.83. The molecule has 0 aliphatic heterocycles. The average molecular weight is 187 g/mol. The normalized spacial score (nSPS) is 9.50. The maximum absolute atomic E-state index is 9.89. The predicted octanol–water partition coefficient (Wildman–Crippen LogP) is 2.01. The van der Waals surface area contributed by atoms with Crippen molar-refractivity contribution < 1.29 is 4.74 Å². The number of halogens is 1. The van der Waals surface area contributed by atoms with Crippen molar-refractivity contribution in [2.24, 2.45) is 5.18 Å². The molecule has 0 aliphatic rings. The summed E-state index contributed by atoms with van der Waals surface area (Å²) in [5, 5.41) is 3.10. The highest BCUT2D eigenvalue weighted by Crippen LogP contribution is 2.21. The highest BCUT2D eigenvalue weighted by Gasteiger charge is 2.02. The van der Waals surface area contributed by atoms with E-state index in [2.05, 4.69) is 10.2 Å². The van der Waals surface area contributed by atoms with Gasteiger partial charge in [0.25, 0.3) is 0 Å². The van der Waals surface area contributed by atoms with Crippen LogP contribution in [0.5, 0.6) is 5.88 Å². The zero-order valence-corrected chi connectivity index (χ0v) is 7.21. The largest absolute Gasteiger partial charge is 0.480 e. The third-order valence-electron chi connectivity index (χ3n) is 1.30. The minimum Gasteiger partial charge on any atom is -0.480 e. The van der Waals surface area contributed by atoms with E-state index in [0.29, 0.717) is 16.5 Å². The van der Waals surface area contributed by atoms with Crippen LogP contribution >= 0.6 is 11.6 Å². The molecule has 0 saturated heterocycles. The molecule has 0 saturated carbocycles. The Kier molecular flexibility index (Phi) is 2.99. The summed E-state index contributed by atoms with van der Waals surface area (Å²) in [7, 11) is 1.48. The zero-order valence-electron chi connectivity index (χ0n) is 6.45. The molecule has 0 bridgehead atoms. The molecule has 0 aromatic carbocycles. The van der Waals surface area contributed by atoms with Gasteiger partial charge in [-0.1, -0.05) is 16.8 Å². The number of ether oxygens (including phenoxy) is 1. The van der Waals surface area contributed by atoms with Crippen LogP contribution in [0.15, 0.2) is 17.4 Å². The first-order valence-corrected chi connectivity index (χ1v) is 3.63. The Balaban J connectivity index is 2.93. The fourth-order valence-electron chi connectivity index (χ4n) is 0.776. The van der Waals surface area contributed by atoms with Crippen LogP contribution in [0.1, 0.15) is 5.56 Å². The van der Waals surface area contributed by atoms with Crippen LogP contribution in [-0.4, -0.2) is 12.1 Å². The minimum atomic E-state index is 0.0801. The number of methoxy groups -OCH3 is 1. The Labute approximate surface area is 74.5 Å². The molecule has 1 heterocycles. The quantitative estimate of drug-likeness (QED) is 0.679. The summed E-state index contributed by atoms with van der Waals surface area (Å²) in [6.07, 6.45) is 1.51. The van der Waals surface area contributed by atoms with Gasteiger partial charge in [0.2, 0.25) is 5.88 Å². The van der Waals surface area contributed by atoms with Gasteiger partial charge >= 0.3 is 0 Å².